The third kappa shape index (κ3) is 10.7. The standard InChI is InChI=1S/C44H58N4O7/c1-5-53-40(50)26-46-43(52)45-25-34-11-6-8-12-36(34)30-18-20-33(21-19-30)42-54-35(24-39(55-42)32-16-14-29(28-49)15-17-32)27-48-37-13-9-7-10-31(37)22-23-38(48)41(51)47-44(2,3)4/h6,8,11-12,14-21,31,35,37-39,42,49H,5,7,9-10,13,22-28H2,1-4H3,(H,47,51)(H2,45,46,52)/t31-,35-,37-,38-,39+,42+/m1/s1. The number of ether oxygens (including phenoxy) is 3. The Morgan fingerprint density at radius 1 is 0.873 bits per heavy atom. The highest BCUT2D eigenvalue weighted by atomic mass is 16.7. The third-order valence-corrected chi connectivity index (χ3v) is 11.0. The van der Waals surface area contributed by atoms with E-state index in [1.807, 2.05) is 93.6 Å². The fourth-order valence-electron chi connectivity index (χ4n) is 8.37. The van der Waals surface area contributed by atoms with Crippen molar-refractivity contribution in [2.75, 3.05) is 19.7 Å². The van der Waals surface area contributed by atoms with Crippen molar-refractivity contribution in [3.05, 3.63) is 95.1 Å². The van der Waals surface area contributed by atoms with Gasteiger partial charge in [-0.2, -0.15) is 0 Å². The van der Waals surface area contributed by atoms with Crippen LogP contribution in [0.4, 0.5) is 4.79 Å². The van der Waals surface area contributed by atoms with Crippen molar-refractivity contribution >= 4 is 17.9 Å². The van der Waals surface area contributed by atoms with E-state index in [0.717, 1.165) is 52.6 Å². The number of esters is 1. The maximum Gasteiger partial charge on any atom is 0.325 e. The summed E-state index contributed by atoms with van der Waals surface area (Å²) in [6.07, 6.45) is 6.23. The van der Waals surface area contributed by atoms with E-state index in [-0.39, 0.29) is 56.0 Å². The monoisotopic (exact) mass is 754 g/mol. The molecule has 55 heavy (non-hydrogen) atoms. The van der Waals surface area contributed by atoms with Gasteiger partial charge in [0.15, 0.2) is 6.29 Å². The van der Waals surface area contributed by atoms with Gasteiger partial charge in [-0.1, -0.05) is 85.6 Å². The molecule has 2 heterocycles. The SMILES string of the molecule is CCOC(=O)CNC(=O)NCc1ccccc1-c1ccc([C@H]2O[C@@H](CN3[C@@H](C(=O)NC(C)(C)C)CC[C@H]4CCCC[C@H]43)C[C@@H](c3ccc(CO)cc3)O2)cc1. The summed E-state index contributed by atoms with van der Waals surface area (Å²) in [5, 5.41) is 18.3. The smallest absolute Gasteiger partial charge is 0.325 e. The molecule has 2 aliphatic heterocycles. The molecule has 3 aromatic carbocycles. The van der Waals surface area contributed by atoms with E-state index in [0.29, 0.717) is 24.9 Å². The van der Waals surface area contributed by atoms with Crippen LogP contribution in [0.2, 0.25) is 0 Å². The predicted octanol–water partition coefficient (Wildman–Crippen LogP) is 6.69. The summed E-state index contributed by atoms with van der Waals surface area (Å²) in [5.74, 6) is 0.201. The van der Waals surface area contributed by atoms with Crippen molar-refractivity contribution in [3.8, 4) is 11.1 Å². The second kappa shape index (κ2) is 18.6. The van der Waals surface area contributed by atoms with E-state index in [1.165, 1.54) is 19.3 Å². The number of urea groups is 1. The van der Waals surface area contributed by atoms with Gasteiger partial charge in [-0.3, -0.25) is 14.5 Å². The highest BCUT2D eigenvalue weighted by Gasteiger charge is 2.44. The van der Waals surface area contributed by atoms with Crippen LogP contribution in [-0.2, 0) is 37.0 Å². The molecule has 3 aromatic rings. The van der Waals surface area contributed by atoms with Crippen molar-refractivity contribution < 1.29 is 33.7 Å². The molecule has 1 aliphatic carbocycles. The Morgan fingerprint density at radius 2 is 1.60 bits per heavy atom. The minimum atomic E-state index is -0.635. The number of nitrogens with one attached hydrogen (secondary N) is 3. The number of aliphatic hydroxyl groups is 1. The first-order chi connectivity index (χ1) is 26.5. The largest absolute Gasteiger partial charge is 0.465 e. The molecule has 6 rings (SSSR count). The lowest BCUT2D eigenvalue weighted by Crippen LogP contribution is -2.61. The van der Waals surface area contributed by atoms with Crippen molar-refractivity contribution in [3.63, 3.8) is 0 Å². The molecule has 0 unspecified atom stereocenters. The molecule has 2 saturated heterocycles. The van der Waals surface area contributed by atoms with Gasteiger partial charge in [0.1, 0.15) is 6.54 Å². The summed E-state index contributed by atoms with van der Waals surface area (Å²) in [4.78, 5) is 40.3. The molecule has 4 N–H and O–H groups in total. The van der Waals surface area contributed by atoms with Crippen LogP contribution in [-0.4, -0.2) is 71.3 Å². The number of nitrogens with zero attached hydrogens (tertiary/aromatic N) is 1. The molecule has 1 saturated carbocycles. The number of fused-ring (bicyclic) bond motifs is 1. The van der Waals surface area contributed by atoms with Crippen LogP contribution in [0.5, 0.6) is 0 Å². The molecule has 0 radical (unpaired) electrons. The molecule has 0 aromatic heterocycles. The highest BCUT2D eigenvalue weighted by Crippen LogP contribution is 2.42. The topological polar surface area (TPSA) is 138 Å². The number of amides is 3. The molecule has 0 spiro atoms. The quantitative estimate of drug-likeness (QED) is 0.150. The summed E-state index contributed by atoms with van der Waals surface area (Å²) >= 11 is 0. The molecule has 11 nitrogen and oxygen atoms in total. The average Bonchev–Trinajstić information content (AvgIpc) is 3.19. The summed E-state index contributed by atoms with van der Waals surface area (Å²) < 4.78 is 18.4. The Balaban J connectivity index is 1.21. The van der Waals surface area contributed by atoms with Crippen LogP contribution in [0.25, 0.3) is 11.1 Å². The zero-order chi connectivity index (χ0) is 39.0. The van der Waals surface area contributed by atoms with Gasteiger partial charge >= 0.3 is 12.0 Å². The van der Waals surface area contributed by atoms with Crippen LogP contribution in [0.15, 0.2) is 72.8 Å². The second-order valence-corrected chi connectivity index (χ2v) is 16.1. The zero-order valence-corrected chi connectivity index (χ0v) is 32.7. The molecular formula is C44H58N4O7. The molecule has 0 bridgehead atoms. The lowest BCUT2D eigenvalue weighted by atomic mass is 9.75. The molecule has 11 heteroatoms. The first-order valence-electron chi connectivity index (χ1n) is 19.9. The Morgan fingerprint density at radius 3 is 2.33 bits per heavy atom. The Labute approximate surface area is 325 Å². The fraction of sp³-hybridized carbons (Fsp3) is 0.523. The number of piperidine rings is 1. The number of rotatable bonds is 12. The summed E-state index contributed by atoms with van der Waals surface area (Å²) in [6, 6.07) is 23.6. The van der Waals surface area contributed by atoms with E-state index in [2.05, 4.69) is 20.9 Å². The van der Waals surface area contributed by atoms with Gasteiger partial charge < -0.3 is 35.3 Å². The fourth-order valence-corrected chi connectivity index (χ4v) is 8.37. The van der Waals surface area contributed by atoms with Crippen molar-refractivity contribution in [2.24, 2.45) is 5.92 Å². The summed E-state index contributed by atoms with van der Waals surface area (Å²) in [7, 11) is 0. The lowest BCUT2D eigenvalue weighted by Gasteiger charge is -2.50. The van der Waals surface area contributed by atoms with Gasteiger partial charge in [-0.15, -0.1) is 0 Å². The van der Waals surface area contributed by atoms with E-state index in [4.69, 9.17) is 14.2 Å². The van der Waals surface area contributed by atoms with E-state index < -0.39 is 18.3 Å². The van der Waals surface area contributed by atoms with Gasteiger partial charge in [0, 0.05) is 36.7 Å². The number of carbonyl (C=O) groups is 3. The number of carbonyl (C=O) groups excluding carboxylic acids is 3. The van der Waals surface area contributed by atoms with Crippen molar-refractivity contribution in [1.82, 2.24) is 20.9 Å². The maximum atomic E-state index is 13.8. The first-order valence-corrected chi connectivity index (χ1v) is 19.9. The van der Waals surface area contributed by atoms with Gasteiger partial charge in [0.2, 0.25) is 5.91 Å². The van der Waals surface area contributed by atoms with Crippen LogP contribution >= 0.6 is 0 Å². The van der Waals surface area contributed by atoms with Crippen molar-refractivity contribution in [2.45, 2.75) is 122 Å². The lowest BCUT2D eigenvalue weighted by molar-refractivity contribution is -0.255. The minimum Gasteiger partial charge on any atom is -0.465 e. The molecule has 296 valence electrons. The van der Waals surface area contributed by atoms with Gasteiger partial charge in [-0.05, 0) is 87.1 Å². The summed E-state index contributed by atoms with van der Waals surface area (Å²) in [5.41, 5.74) is 5.30. The number of hydrogen-bond donors (Lipinski definition) is 4. The van der Waals surface area contributed by atoms with E-state index in [1.54, 1.807) is 6.92 Å². The van der Waals surface area contributed by atoms with Crippen LogP contribution in [0, 0.1) is 5.92 Å². The molecule has 3 amide bonds. The number of benzene rings is 3. The number of likely N-dealkylation sites (tertiary alicyclic amines) is 1. The van der Waals surface area contributed by atoms with Crippen molar-refractivity contribution in [1.29, 1.82) is 0 Å². The van der Waals surface area contributed by atoms with Gasteiger partial charge in [-0.25, -0.2) is 4.79 Å². The minimum absolute atomic E-state index is 0.0239. The maximum absolute atomic E-state index is 13.8. The third-order valence-electron chi connectivity index (χ3n) is 11.0. The second-order valence-electron chi connectivity index (χ2n) is 16.1. The average molecular weight is 755 g/mol. The van der Waals surface area contributed by atoms with E-state index >= 15 is 0 Å². The predicted molar refractivity (Wildman–Crippen MR) is 211 cm³/mol. The molecule has 3 aliphatic rings. The Hall–Kier alpha value is -4.29. The number of hydrogen-bond acceptors (Lipinski definition) is 8. The molecule has 6 atom stereocenters. The van der Waals surface area contributed by atoms with Gasteiger partial charge in [0.25, 0.3) is 0 Å². The zero-order valence-electron chi connectivity index (χ0n) is 32.7. The van der Waals surface area contributed by atoms with Crippen LogP contribution in [0.1, 0.15) is 107 Å². The molecule has 3 fully saturated rings. The van der Waals surface area contributed by atoms with Gasteiger partial charge in [0.05, 0.1) is 31.5 Å². The number of aliphatic hydroxyl groups excluding tert-OH is 1. The Kier molecular flexibility index (Phi) is 13.6. The van der Waals surface area contributed by atoms with Crippen LogP contribution in [0.3, 0.4) is 0 Å². The normalized spacial score (nSPS) is 24.3. The van der Waals surface area contributed by atoms with Crippen LogP contribution < -0.4 is 16.0 Å². The first kappa shape index (κ1) is 40.4. The van der Waals surface area contributed by atoms with E-state index in [9.17, 15) is 19.5 Å². The summed E-state index contributed by atoms with van der Waals surface area (Å²) in [6.45, 7) is 8.78. The molecular weight excluding hydrogens is 697 g/mol. The Bertz CT molecular complexity index is 1740. The highest BCUT2D eigenvalue weighted by molar-refractivity contribution is 5.82.